The molecule has 0 fully saturated rings. The Kier molecular flexibility index (Phi) is 5.66. The maximum atomic E-state index is 5.54. The van der Waals surface area contributed by atoms with Crippen LogP contribution >= 0.6 is 0 Å². The summed E-state index contributed by atoms with van der Waals surface area (Å²) in [4.78, 5) is 2.30. The normalized spacial score (nSPS) is 11.2. The van der Waals surface area contributed by atoms with Crippen molar-refractivity contribution in [2.45, 2.75) is 33.6 Å². The van der Waals surface area contributed by atoms with Gasteiger partial charge >= 0.3 is 0 Å². The number of nitrogens with zero attached hydrogens (tertiary/aromatic N) is 1. The minimum absolute atomic E-state index is 0.749. The summed E-state index contributed by atoms with van der Waals surface area (Å²) < 4.78 is 0. The first-order chi connectivity index (χ1) is 8.04. The van der Waals surface area contributed by atoms with Gasteiger partial charge in [0.05, 0.1) is 0 Å². The van der Waals surface area contributed by atoms with Crippen molar-refractivity contribution in [2.75, 3.05) is 26.7 Å². The molecule has 0 aliphatic heterocycles. The predicted octanol–water partition coefficient (Wildman–Crippen LogP) is 2.43. The average Bonchev–Trinajstić information content (AvgIpc) is 2.22. The topological polar surface area (TPSA) is 29.3 Å². The van der Waals surface area contributed by atoms with Crippen molar-refractivity contribution in [1.29, 1.82) is 0 Å². The van der Waals surface area contributed by atoms with Crippen LogP contribution < -0.4 is 5.73 Å². The minimum Gasteiger partial charge on any atom is -0.329 e. The van der Waals surface area contributed by atoms with Crippen LogP contribution in [0.2, 0.25) is 0 Å². The molecule has 0 saturated carbocycles. The van der Waals surface area contributed by atoms with Crippen LogP contribution in [0, 0.1) is 20.8 Å². The zero-order chi connectivity index (χ0) is 12.8. The second kappa shape index (κ2) is 6.77. The maximum absolute atomic E-state index is 5.54. The highest BCUT2D eigenvalue weighted by atomic mass is 15.1. The van der Waals surface area contributed by atoms with Crippen LogP contribution in [0.1, 0.15) is 28.7 Å². The van der Waals surface area contributed by atoms with Gasteiger partial charge in [0.15, 0.2) is 0 Å². The van der Waals surface area contributed by atoms with Gasteiger partial charge in [-0.15, -0.1) is 0 Å². The van der Waals surface area contributed by atoms with Crippen molar-refractivity contribution in [3.63, 3.8) is 0 Å². The van der Waals surface area contributed by atoms with Crippen LogP contribution in [-0.4, -0.2) is 31.6 Å². The molecule has 2 nitrogen and oxygen atoms in total. The molecule has 2 N–H and O–H groups in total. The minimum atomic E-state index is 0.749. The molecule has 0 aliphatic carbocycles. The lowest BCUT2D eigenvalue weighted by Crippen LogP contribution is -2.26. The van der Waals surface area contributed by atoms with Crippen LogP contribution in [0.15, 0.2) is 12.1 Å². The van der Waals surface area contributed by atoms with E-state index in [9.17, 15) is 0 Å². The molecule has 0 bridgehead atoms. The summed E-state index contributed by atoms with van der Waals surface area (Å²) in [6, 6.07) is 4.57. The summed E-state index contributed by atoms with van der Waals surface area (Å²) in [6.07, 6.45) is 2.38. The van der Waals surface area contributed by atoms with Gasteiger partial charge in [-0.05, 0) is 63.9 Å². The lowest BCUT2D eigenvalue weighted by atomic mass is 9.96. The van der Waals surface area contributed by atoms with E-state index in [0.29, 0.717) is 0 Å². The Morgan fingerprint density at radius 1 is 1.06 bits per heavy atom. The molecule has 96 valence electrons. The number of rotatable bonds is 6. The fraction of sp³-hybridized carbons (Fsp3) is 0.600. The molecular formula is C15H26N2. The van der Waals surface area contributed by atoms with Crippen molar-refractivity contribution in [3.05, 3.63) is 34.4 Å². The molecule has 1 rings (SSSR count). The van der Waals surface area contributed by atoms with Gasteiger partial charge in [-0.3, -0.25) is 0 Å². The van der Waals surface area contributed by atoms with E-state index in [4.69, 9.17) is 5.73 Å². The van der Waals surface area contributed by atoms with Crippen molar-refractivity contribution in [3.8, 4) is 0 Å². The average molecular weight is 234 g/mol. The summed E-state index contributed by atoms with van der Waals surface area (Å²) >= 11 is 0. The van der Waals surface area contributed by atoms with Crippen molar-refractivity contribution < 1.29 is 0 Å². The van der Waals surface area contributed by atoms with Crippen LogP contribution in [0.4, 0.5) is 0 Å². The van der Waals surface area contributed by atoms with Gasteiger partial charge in [-0.2, -0.15) is 0 Å². The van der Waals surface area contributed by atoms with E-state index >= 15 is 0 Å². The molecule has 0 saturated heterocycles. The van der Waals surface area contributed by atoms with E-state index in [2.05, 4.69) is 44.9 Å². The quantitative estimate of drug-likeness (QED) is 0.819. The molecule has 0 aromatic heterocycles. The molecule has 0 spiro atoms. The van der Waals surface area contributed by atoms with Gasteiger partial charge in [0, 0.05) is 13.1 Å². The second-order valence-electron chi connectivity index (χ2n) is 5.07. The Hall–Kier alpha value is -0.860. The lowest BCUT2D eigenvalue weighted by molar-refractivity contribution is 0.338. The van der Waals surface area contributed by atoms with Gasteiger partial charge < -0.3 is 10.6 Å². The van der Waals surface area contributed by atoms with Crippen molar-refractivity contribution >= 4 is 0 Å². The van der Waals surface area contributed by atoms with E-state index in [1.807, 2.05) is 0 Å². The summed E-state index contributed by atoms with van der Waals surface area (Å²) in [7, 11) is 2.14. The lowest BCUT2D eigenvalue weighted by Gasteiger charge is -2.16. The first kappa shape index (κ1) is 14.2. The van der Waals surface area contributed by atoms with Crippen LogP contribution in [0.5, 0.6) is 0 Å². The van der Waals surface area contributed by atoms with E-state index in [0.717, 1.165) is 19.6 Å². The number of likely N-dealkylation sites (N-methyl/N-ethyl adjacent to an activating group) is 1. The van der Waals surface area contributed by atoms with Gasteiger partial charge in [0.2, 0.25) is 0 Å². The first-order valence-corrected chi connectivity index (χ1v) is 6.50. The summed E-state index contributed by atoms with van der Waals surface area (Å²) in [5.74, 6) is 0. The Morgan fingerprint density at radius 3 is 2.18 bits per heavy atom. The number of nitrogens with two attached hydrogens (primary N) is 1. The van der Waals surface area contributed by atoms with Gasteiger partial charge in [0.1, 0.15) is 0 Å². The molecule has 17 heavy (non-hydrogen) atoms. The molecule has 0 heterocycles. The second-order valence-corrected chi connectivity index (χ2v) is 5.07. The van der Waals surface area contributed by atoms with E-state index in [1.54, 1.807) is 0 Å². The molecule has 1 aromatic carbocycles. The van der Waals surface area contributed by atoms with Gasteiger partial charge in [-0.25, -0.2) is 0 Å². The zero-order valence-electron chi connectivity index (χ0n) is 11.7. The number of hydrogen-bond acceptors (Lipinski definition) is 2. The van der Waals surface area contributed by atoms with Crippen LogP contribution in [-0.2, 0) is 6.42 Å². The maximum Gasteiger partial charge on any atom is 0.0102 e. The van der Waals surface area contributed by atoms with Crippen LogP contribution in [0.3, 0.4) is 0 Å². The molecular weight excluding hydrogens is 208 g/mol. The predicted molar refractivity (Wildman–Crippen MR) is 75.5 cm³/mol. The standard InChI is InChI=1S/C15H26N2/c1-12-10-13(2)15(14(3)11-12)6-5-8-17(4)9-7-16/h10-11H,5-9,16H2,1-4H3. The monoisotopic (exact) mass is 234 g/mol. The van der Waals surface area contributed by atoms with Gasteiger partial charge in [0.25, 0.3) is 0 Å². The Labute approximate surface area is 106 Å². The molecule has 0 aliphatic rings. The van der Waals surface area contributed by atoms with Crippen molar-refractivity contribution in [1.82, 2.24) is 4.90 Å². The smallest absolute Gasteiger partial charge is 0.0102 e. The molecule has 0 amide bonds. The summed E-state index contributed by atoms with van der Waals surface area (Å²) in [6.45, 7) is 9.48. The van der Waals surface area contributed by atoms with E-state index < -0.39 is 0 Å². The fourth-order valence-corrected chi connectivity index (χ4v) is 2.46. The van der Waals surface area contributed by atoms with Crippen LogP contribution in [0.25, 0.3) is 0 Å². The molecule has 2 heteroatoms. The van der Waals surface area contributed by atoms with Crippen molar-refractivity contribution in [2.24, 2.45) is 5.73 Å². The SMILES string of the molecule is Cc1cc(C)c(CCCN(C)CCN)c(C)c1. The highest BCUT2D eigenvalue weighted by Crippen LogP contribution is 2.18. The van der Waals surface area contributed by atoms with E-state index in [-0.39, 0.29) is 0 Å². The largest absolute Gasteiger partial charge is 0.329 e. The Morgan fingerprint density at radius 2 is 1.65 bits per heavy atom. The summed E-state index contributed by atoms with van der Waals surface area (Å²) in [5, 5.41) is 0. The zero-order valence-corrected chi connectivity index (χ0v) is 11.7. The highest BCUT2D eigenvalue weighted by molar-refractivity contribution is 5.37. The molecule has 1 aromatic rings. The fourth-order valence-electron chi connectivity index (χ4n) is 2.46. The first-order valence-electron chi connectivity index (χ1n) is 6.50. The molecule has 0 unspecified atom stereocenters. The number of aryl methyl sites for hydroxylation is 3. The van der Waals surface area contributed by atoms with Gasteiger partial charge in [-0.1, -0.05) is 17.7 Å². The Bertz CT molecular complexity index is 335. The Balaban J connectivity index is 2.52. The third kappa shape index (κ3) is 4.49. The third-order valence-corrected chi connectivity index (χ3v) is 3.32. The number of hydrogen-bond donors (Lipinski definition) is 1. The highest BCUT2D eigenvalue weighted by Gasteiger charge is 2.04. The summed E-state index contributed by atoms with van der Waals surface area (Å²) in [5.41, 5.74) is 11.3. The number of benzene rings is 1. The van der Waals surface area contributed by atoms with E-state index in [1.165, 1.54) is 35.1 Å². The third-order valence-electron chi connectivity index (χ3n) is 3.32. The molecule has 0 radical (unpaired) electrons. The molecule has 0 atom stereocenters.